The molecule has 1 heterocycles. The van der Waals surface area contributed by atoms with Crippen molar-refractivity contribution in [3.05, 3.63) is 59.9 Å². The summed E-state index contributed by atoms with van der Waals surface area (Å²) in [5, 5.41) is 3.32. The summed E-state index contributed by atoms with van der Waals surface area (Å²) in [7, 11) is 1.79. The van der Waals surface area contributed by atoms with E-state index in [-0.39, 0.29) is 5.91 Å². The lowest BCUT2D eigenvalue weighted by molar-refractivity contribution is 0.0782. The zero-order chi connectivity index (χ0) is 17.1. The minimum absolute atomic E-state index is 0.0251. The van der Waals surface area contributed by atoms with E-state index in [4.69, 9.17) is 0 Å². The summed E-state index contributed by atoms with van der Waals surface area (Å²) in [5.41, 5.74) is 3.51. The number of hydrogen-bond donors (Lipinski definition) is 2. The number of benzene rings is 2. The number of aromatic amines is 1. The molecule has 5 nitrogen and oxygen atoms in total. The summed E-state index contributed by atoms with van der Waals surface area (Å²) in [6, 6.07) is 15.8. The average Bonchev–Trinajstić information content (AvgIpc) is 2.95. The van der Waals surface area contributed by atoms with E-state index < -0.39 is 0 Å². The number of anilines is 1. The van der Waals surface area contributed by atoms with Crippen LogP contribution in [-0.4, -0.2) is 33.9 Å². The molecule has 1 amide bonds. The third kappa shape index (κ3) is 3.56. The highest BCUT2D eigenvalue weighted by atomic mass is 16.2. The lowest BCUT2D eigenvalue weighted by Gasteiger charge is -2.17. The molecular weight excluding hydrogens is 300 g/mol. The zero-order valence-electron chi connectivity index (χ0n) is 14.2. The summed E-state index contributed by atoms with van der Waals surface area (Å²) in [6.45, 7) is 4.58. The number of aromatic nitrogens is 2. The fourth-order valence-corrected chi connectivity index (χ4v) is 2.67. The summed E-state index contributed by atoms with van der Waals surface area (Å²) >= 11 is 0. The molecule has 0 unspecified atom stereocenters. The van der Waals surface area contributed by atoms with Crippen molar-refractivity contribution in [1.82, 2.24) is 14.9 Å². The number of imidazole rings is 1. The molecule has 0 atom stereocenters. The first-order valence-corrected chi connectivity index (χ1v) is 8.08. The molecule has 0 saturated heterocycles. The predicted molar refractivity (Wildman–Crippen MR) is 97.1 cm³/mol. The van der Waals surface area contributed by atoms with Crippen LogP contribution in [0.1, 0.15) is 30.0 Å². The summed E-state index contributed by atoms with van der Waals surface area (Å²) in [6.07, 6.45) is 0. The molecule has 0 aliphatic heterocycles. The maximum atomic E-state index is 12.7. The standard InChI is InChI=1S/C19H22N4O/c1-13(2)20-15-8-6-7-14(11-15)19(24)23(3)12-18-21-16-9-4-5-10-17(16)22-18/h4-11,13,20H,12H2,1-3H3,(H,21,22). The Labute approximate surface area is 141 Å². The van der Waals surface area contributed by atoms with Crippen molar-refractivity contribution in [2.24, 2.45) is 0 Å². The van der Waals surface area contributed by atoms with E-state index in [9.17, 15) is 4.79 Å². The molecular formula is C19H22N4O. The number of amides is 1. The number of H-pyrrole nitrogens is 1. The molecule has 5 heteroatoms. The van der Waals surface area contributed by atoms with Gasteiger partial charge in [0.1, 0.15) is 5.82 Å². The van der Waals surface area contributed by atoms with Gasteiger partial charge in [-0.1, -0.05) is 18.2 Å². The first-order valence-electron chi connectivity index (χ1n) is 8.08. The maximum Gasteiger partial charge on any atom is 0.254 e. The van der Waals surface area contributed by atoms with Gasteiger partial charge < -0.3 is 15.2 Å². The van der Waals surface area contributed by atoms with Crippen molar-refractivity contribution < 1.29 is 4.79 Å². The second-order valence-electron chi connectivity index (χ2n) is 6.24. The van der Waals surface area contributed by atoms with Gasteiger partial charge in [0.05, 0.1) is 17.6 Å². The quantitative estimate of drug-likeness (QED) is 0.753. The average molecular weight is 322 g/mol. The second-order valence-corrected chi connectivity index (χ2v) is 6.24. The molecule has 124 valence electrons. The van der Waals surface area contributed by atoms with Crippen LogP contribution >= 0.6 is 0 Å². The van der Waals surface area contributed by atoms with Crippen LogP contribution in [0.2, 0.25) is 0 Å². The number of carbonyl (C=O) groups is 1. The number of rotatable bonds is 5. The van der Waals surface area contributed by atoms with E-state index in [0.29, 0.717) is 18.2 Å². The van der Waals surface area contributed by atoms with Crippen LogP contribution in [0.4, 0.5) is 5.69 Å². The molecule has 3 rings (SSSR count). The molecule has 24 heavy (non-hydrogen) atoms. The molecule has 0 bridgehead atoms. The Bertz CT molecular complexity index is 820. The van der Waals surface area contributed by atoms with Crippen molar-refractivity contribution in [2.75, 3.05) is 12.4 Å². The predicted octanol–water partition coefficient (Wildman–Crippen LogP) is 3.66. The Morgan fingerprint density at radius 3 is 2.75 bits per heavy atom. The van der Waals surface area contributed by atoms with Gasteiger partial charge in [-0.2, -0.15) is 0 Å². The minimum atomic E-state index is -0.0251. The van der Waals surface area contributed by atoms with E-state index in [1.807, 2.05) is 48.5 Å². The fraction of sp³-hybridized carbons (Fsp3) is 0.263. The van der Waals surface area contributed by atoms with Crippen molar-refractivity contribution in [3.8, 4) is 0 Å². The third-order valence-electron chi connectivity index (χ3n) is 3.74. The molecule has 2 N–H and O–H groups in total. The van der Waals surface area contributed by atoms with E-state index in [0.717, 1.165) is 22.5 Å². The third-order valence-corrected chi connectivity index (χ3v) is 3.74. The van der Waals surface area contributed by atoms with Gasteiger partial charge in [-0.05, 0) is 44.2 Å². The highest BCUT2D eigenvalue weighted by molar-refractivity contribution is 5.95. The first kappa shape index (κ1) is 16.1. The molecule has 0 saturated carbocycles. The van der Waals surface area contributed by atoms with Crippen molar-refractivity contribution in [3.63, 3.8) is 0 Å². The number of para-hydroxylation sites is 2. The molecule has 2 aromatic carbocycles. The van der Waals surface area contributed by atoms with Crippen molar-refractivity contribution in [2.45, 2.75) is 26.4 Å². The van der Waals surface area contributed by atoms with Gasteiger partial charge in [-0.3, -0.25) is 4.79 Å². The topological polar surface area (TPSA) is 61.0 Å². The minimum Gasteiger partial charge on any atom is -0.383 e. The molecule has 0 spiro atoms. The van der Waals surface area contributed by atoms with Crippen molar-refractivity contribution in [1.29, 1.82) is 0 Å². The molecule has 0 aliphatic carbocycles. The Hall–Kier alpha value is -2.82. The number of hydrogen-bond acceptors (Lipinski definition) is 3. The Morgan fingerprint density at radius 1 is 1.21 bits per heavy atom. The van der Waals surface area contributed by atoms with Gasteiger partial charge in [0.15, 0.2) is 0 Å². The summed E-state index contributed by atoms with van der Waals surface area (Å²) < 4.78 is 0. The number of nitrogens with zero attached hydrogens (tertiary/aromatic N) is 2. The molecule has 0 radical (unpaired) electrons. The number of nitrogens with one attached hydrogen (secondary N) is 2. The second kappa shape index (κ2) is 6.74. The molecule has 0 aliphatic rings. The van der Waals surface area contributed by atoms with Crippen LogP contribution in [0.25, 0.3) is 11.0 Å². The van der Waals surface area contributed by atoms with Gasteiger partial charge in [0.2, 0.25) is 0 Å². The van der Waals surface area contributed by atoms with Crippen molar-refractivity contribution >= 4 is 22.6 Å². The molecule has 3 aromatic rings. The largest absolute Gasteiger partial charge is 0.383 e. The van der Waals surface area contributed by atoms with Crippen LogP contribution in [0.5, 0.6) is 0 Å². The zero-order valence-corrected chi connectivity index (χ0v) is 14.2. The highest BCUT2D eigenvalue weighted by Crippen LogP contribution is 2.15. The fourth-order valence-electron chi connectivity index (χ4n) is 2.67. The van der Waals surface area contributed by atoms with Crippen LogP contribution in [0, 0.1) is 0 Å². The van der Waals surface area contributed by atoms with E-state index >= 15 is 0 Å². The Kier molecular flexibility index (Phi) is 4.51. The highest BCUT2D eigenvalue weighted by Gasteiger charge is 2.14. The Balaban J connectivity index is 1.74. The van der Waals surface area contributed by atoms with Crippen LogP contribution in [0.15, 0.2) is 48.5 Å². The van der Waals surface area contributed by atoms with Gasteiger partial charge in [-0.15, -0.1) is 0 Å². The van der Waals surface area contributed by atoms with Crippen LogP contribution in [-0.2, 0) is 6.54 Å². The maximum absolute atomic E-state index is 12.7. The SMILES string of the molecule is CC(C)Nc1cccc(C(=O)N(C)Cc2nc3ccccc3[nH]2)c1. The van der Waals surface area contributed by atoms with E-state index in [2.05, 4.69) is 29.1 Å². The summed E-state index contributed by atoms with van der Waals surface area (Å²) in [4.78, 5) is 22.1. The normalized spacial score (nSPS) is 11.0. The Morgan fingerprint density at radius 2 is 2.00 bits per heavy atom. The number of fused-ring (bicyclic) bond motifs is 1. The van der Waals surface area contributed by atoms with Gasteiger partial charge >= 0.3 is 0 Å². The van der Waals surface area contributed by atoms with Gasteiger partial charge in [0, 0.05) is 24.3 Å². The molecule has 0 fully saturated rings. The van der Waals surface area contributed by atoms with E-state index in [1.54, 1.807) is 11.9 Å². The molecule has 1 aromatic heterocycles. The van der Waals surface area contributed by atoms with Gasteiger partial charge in [-0.25, -0.2) is 4.98 Å². The monoisotopic (exact) mass is 322 g/mol. The van der Waals surface area contributed by atoms with Crippen LogP contribution < -0.4 is 5.32 Å². The lowest BCUT2D eigenvalue weighted by Crippen LogP contribution is -2.26. The first-order chi connectivity index (χ1) is 11.5. The smallest absolute Gasteiger partial charge is 0.254 e. The van der Waals surface area contributed by atoms with Gasteiger partial charge in [0.25, 0.3) is 5.91 Å². The summed E-state index contributed by atoms with van der Waals surface area (Å²) in [5.74, 6) is 0.756. The van der Waals surface area contributed by atoms with Crippen LogP contribution in [0.3, 0.4) is 0 Å². The van der Waals surface area contributed by atoms with E-state index in [1.165, 1.54) is 0 Å². The lowest BCUT2D eigenvalue weighted by atomic mass is 10.1. The number of carbonyl (C=O) groups excluding carboxylic acids is 1.